The second kappa shape index (κ2) is 11.0. The monoisotopic (exact) mass is 584 g/mol. The van der Waals surface area contributed by atoms with Crippen molar-refractivity contribution < 1.29 is 0 Å². The van der Waals surface area contributed by atoms with Gasteiger partial charge in [0.2, 0.25) is 0 Å². The van der Waals surface area contributed by atoms with E-state index in [1.54, 1.807) is 0 Å². The Morgan fingerprint density at radius 1 is 0.909 bits per heavy atom. The zero-order chi connectivity index (χ0) is 32.5. The van der Waals surface area contributed by atoms with Gasteiger partial charge in [-0.25, -0.2) is 0 Å². The molecule has 0 unspecified atom stereocenters. The molecule has 0 spiro atoms. The van der Waals surface area contributed by atoms with Crippen LogP contribution in [-0.2, 0) is 25.7 Å². The van der Waals surface area contributed by atoms with E-state index in [4.69, 9.17) is 13.2 Å². The van der Waals surface area contributed by atoms with E-state index in [1.165, 1.54) is 78.0 Å². The Hall–Kier alpha value is -3.12. The quantitative estimate of drug-likeness (QED) is 0.284. The van der Waals surface area contributed by atoms with Crippen LogP contribution in [-0.4, -0.2) is 0 Å². The molecule has 0 N–H and O–H groups in total. The second-order valence-electron chi connectivity index (χ2n) is 15.7. The van der Waals surface area contributed by atoms with E-state index < -0.39 is 0 Å². The number of aryl methyl sites for hydroxylation is 1. The van der Waals surface area contributed by atoms with Gasteiger partial charge in [-0.2, -0.15) is 0 Å². The molecule has 2 aromatic rings. The smallest absolute Gasteiger partial charge is 0.0194 e. The maximum absolute atomic E-state index is 4.95. The Morgan fingerprint density at radius 2 is 1.52 bits per heavy atom. The lowest BCUT2D eigenvalue weighted by molar-refractivity contribution is 0.0543. The van der Waals surface area contributed by atoms with Gasteiger partial charge in [0.1, 0.15) is 0 Å². The predicted molar refractivity (Wildman–Crippen MR) is 193 cm³/mol. The van der Waals surface area contributed by atoms with Crippen LogP contribution in [0.3, 0.4) is 0 Å². The van der Waals surface area contributed by atoms with E-state index in [9.17, 15) is 0 Å². The van der Waals surface area contributed by atoms with Crippen LogP contribution in [0.25, 0.3) is 5.57 Å². The van der Waals surface area contributed by atoms with Crippen molar-refractivity contribution in [1.82, 2.24) is 0 Å². The van der Waals surface area contributed by atoms with Crippen molar-refractivity contribution in [2.24, 2.45) is 16.2 Å². The molecule has 3 aliphatic rings. The number of rotatable bonds is 7. The van der Waals surface area contributed by atoms with Gasteiger partial charge in [0, 0.05) is 5.41 Å². The van der Waals surface area contributed by atoms with Crippen molar-refractivity contribution >= 4 is 5.57 Å². The second-order valence-corrected chi connectivity index (χ2v) is 15.7. The fraction of sp³-hybridized carbons (Fsp3) is 0.455. The van der Waals surface area contributed by atoms with Gasteiger partial charge in [-0.15, -0.1) is 0 Å². The van der Waals surface area contributed by atoms with Crippen molar-refractivity contribution in [2.45, 2.75) is 114 Å². The van der Waals surface area contributed by atoms with Crippen molar-refractivity contribution in [3.05, 3.63) is 135 Å². The minimum Gasteiger partial charge on any atom is -0.0992 e. The SMILES string of the molecule is C=C(Cc1ccc(CC)cc1)Cc1cc(C(C)C)c2c(c1C)C(=C)C1=C(C)[C@@]3(C)C(=C)C(C(=C)C)=C(C)C[C@@]3(C)C[C@@]1(C)C2. The maximum atomic E-state index is 4.95. The first-order valence-electron chi connectivity index (χ1n) is 16.9. The summed E-state index contributed by atoms with van der Waals surface area (Å²) in [7, 11) is 0. The molecule has 232 valence electrons. The van der Waals surface area contributed by atoms with E-state index in [-0.39, 0.29) is 16.2 Å². The number of hydrogen-bond donors (Lipinski definition) is 0. The molecule has 0 saturated heterocycles. The van der Waals surface area contributed by atoms with Gasteiger partial charge < -0.3 is 0 Å². The first kappa shape index (κ1) is 32.3. The molecule has 2 aromatic carbocycles. The number of fused-ring (bicyclic) bond motifs is 3. The molecule has 0 heteroatoms. The molecule has 0 heterocycles. The fourth-order valence-corrected chi connectivity index (χ4v) is 9.90. The summed E-state index contributed by atoms with van der Waals surface area (Å²) in [4.78, 5) is 0. The van der Waals surface area contributed by atoms with Crippen LogP contribution in [0.15, 0.2) is 95.7 Å². The van der Waals surface area contributed by atoms with Crippen molar-refractivity contribution in [1.29, 1.82) is 0 Å². The average Bonchev–Trinajstić information content (AvgIpc) is 2.92. The molecule has 0 aliphatic heterocycles. The van der Waals surface area contributed by atoms with Crippen LogP contribution in [0.1, 0.15) is 120 Å². The molecule has 44 heavy (non-hydrogen) atoms. The summed E-state index contributed by atoms with van der Waals surface area (Å²) in [6, 6.07) is 11.6. The minimum absolute atomic E-state index is 0.0373. The van der Waals surface area contributed by atoms with Crippen LogP contribution in [0.4, 0.5) is 0 Å². The number of benzene rings is 2. The van der Waals surface area contributed by atoms with E-state index in [0.717, 1.165) is 44.1 Å². The lowest BCUT2D eigenvalue weighted by Gasteiger charge is -2.62. The molecule has 0 bridgehead atoms. The summed E-state index contributed by atoms with van der Waals surface area (Å²) in [5.74, 6) is 0.447. The Balaban J connectivity index is 1.62. The first-order valence-corrected chi connectivity index (χ1v) is 16.9. The highest BCUT2D eigenvalue weighted by Gasteiger charge is 2.59. The van der Waals surface area contributed by atoms with Crippen LogP contribution in [0.2, 0.25) is 0 Å². The summed E-state index contributed by atoms with van der Waals surface area (Å²) in [6.45, 7) is 42.3. The topological polar surface area (TPSA) is 0 Å². The third kappa shape index (κ3) is 4.79. The van der Waals surface area contributed by atoms with Crippen LogP contribution < -0.4 is 0 Å². The predicted octanol–water partition coefficient (Wildman–Crippen LogP) is 12.2. The van der Waals surface area contributed by atoms with Gasteiger partial charge in [0.15, 0.2) is 0 Å². The Morgan fingerprint density at radius 3 is 2.09 bits per heavy atom. The van der Waals surface area contributed by atoms with Gasteiger partial charge in [-0.05, 0) is 144 Å². The summed E-state index contributed by atoms with van der Waals surface area (Å²) in [6.07, 6.45) is 6.18. The summed E-state index contributed by atoms with van der Waals surface area (Å²) < 4.78 is 0. The summed E-state index contributed by atoms with van der Waals surface area (Å²) in [5.41, 5.74) is 20.5. The molecule has 0 saturated carbocycles. The van der Waals surface area contributed by atoms with Crippen LogP contribution in [0.5, 0.6) is 0 Å². The fourth-order valence-electron chi connectivity index (χ4n) is 9.90. The zero-order valence-electron chi connectivity index (χ0n) is 29.5. The van der Waals surface area contributed by atoms with Crippen LogP contribution >= 0.6 is 0 Å². The number of hydrogen-bond acceptors (Lipinski definition) is 0. The summed E-state index contributed by atoms with van der Waals surface area (Å²) >= 11 is 0. The Bertz CT molecular complexity index is 1660. The minimum atomic E-state index is -0.135. The van der Waals surface area contributed by atoms with Crippen LogP contribution in [0, 0.1) is 23.2 Å². The van der Waals surface area contributed by atoms with Gasteiger partial charge in [-0.1, -0.05) is 120 Å². The molecule has 5 rings (SSSR count). The lowest BCUT2D eigenvalue weighted by atomic mass is 9.41. The zero-order valence-corrected chi connectivity index (χ0v) is 29.5. The third-order valence-corrected chi connectivity index (χ3v) is 12.1. The summed E-state index contributed by atoms with van der Waals surface area (Å²) in [5, 5.41) is 0. The molecule has 0 nitrogen and oxygen atoms in total. The van der Waals surface area contributed by atoms with E-state index in [1.807, 2.05) is 0 Å². The van der Waals surface area contributed by atoms with Gasteiger partial charge in [0.05, 0.1) is 0 Å². The van der Waals surface area contributed by atoms with Gasteiger partial charge >= 0.3 is 0 Å². The molecule has 0 amide bonds. The lowest BCUT2D eigenvalue weighted by Crippen LogP contribution is -2.52. The normalized spacial score (nSPS) is 26.5. The largest absolute Gasteiger partial charge is 0.0992 e. The Labute approximate surface area is 269 Å². The van der Waals surface area contributed by atoms with E-state index >= 15 is 0 Å². The van der Waals surface area contributed by atoms with Gasteiger partial charge in [-0.3, -0.25) is 0 Å². The molecule has 3 atom stereocenters. The van der Waals surface area contributed by atoms with Crippen molar-refractivity contribution in [3.63, 3.8) is 0 Å². The molecule has 0 aromatic heterocycles. The highest BCUT2D eigenvalue weighted by atomic mass is 14.6. The molecule has 3 aliphatic carbocycles. The molecule has 0 radical (unpaired) electrons. The van der Waals surface area contributed by atoms with Gasteiger partial charge in [0.25, 0.3) is 0 Å². The standard InChI is InChI=1S/C44H56/c1-15-34-16-18-35(19-17-34)20-28(6)21-36-22-37(26(2)3)38-24-42(12)25-43(13)23-29(7)39(27(4)5)32(10)44(43,14)33(11)41(42)31(9)40(38)30(36)8/h16-19,22,26H,4,6,9-10,15,20-21,23-25H2,1-3,5,7-8,11-14H3/t42-,43+,44-/m1/s1. The highest BCUT2D eigenvalue weighted by molar-refractivity contribution is 5.87. The molecular weight excluding hydrogens is 528 g/mol. The molecule has 0 fully saturated rings. The van der Waals surface area contributed by atoms with Crippen molar-refractivity contribution in [3.8, 4) is 0 Å². The highest BCUT2D eigenvalue weighted by Crippen LogP contribution is 2.70. The van der Waals surface area contributed by atoms with E-state index in [0.29, 0.717) is 5.92 Å². The maximum Gasteiger partial charge on any atom is 0.0194 e. The average molecular weight is 585 g/mol. The number of allylic oxidation sites excluding steroid dienone is 8. The van der Waals surface area contributed by atoms with E-state index in [2.05, 4.69) is 113 Å². The third-order valence-electron chi connectivity index (χ3n) is 12.1. The molecular formula is C44H56. The first-order chi connectivity index (χ1) is 20.5. The van der Waals surface area contributed by atoms with Crippen molar-refractivity contribution in [2.75, 3.05) is 0 Å². The Kier molecular flexibility index (Phi) is 8.10.